The molecule has 1 aromatic heterocycles. The van der Waals surface area contributed by atoms with Crippen LogP contribution in [-0.4, -0.2) is 27.5 Å². The Kier molecular flexibility index (Phi) is 8.66. The first kappa shape index (κ1) is 30.2. The Balaban J connectivity index is 1.26. The monoisotopic (exact) mass is 653 g/mol. The van der Waals surface area contributed by atoms with Crippen LogP contribution in [0.1, 0.15) is 28.4 Å². The molecule has 0 radical (unpaired) electrons. The number of rotatable bonds is 7. The lowest BCUT2D eigenvalue weighted by Crippen LogP contribution is -3.05. The van der Waals surface area contributed by atoms with Gasteiger partial charge < -0.3 is 5.73 Å². The molecule has 0 amide bonds. The van der Waals surface area contributed by atoms with Gasteiger partial charge in [0.15, 0.2) is 0 Å². The summed E-state index contributed by atoms with van der Waals surface area (Å²) in [6.07, 6.45) is -0.127. The van der Waals surface area contributed by atoms with Crippen LogP contribution in [0.3, 0.4) is 0 Å². The van der Waals surface area contributed by atoms with Gasteiger partial charge >= 0.3 is 11.7 Å². The summed E-state index contributed by atoms with van der Waals surface area (Å²) < 4.78 is 0. The molecular weight excluding hydrogens is 625 g/mol. The van der Waals surface area contributed by atoms with Crippen molar-refractivity contribution in [2.45, 2.75) is 6.17 Å². The van der Waals surface area contributed by atoms with Crippen LogP contribution in [0.2, 0.25) is 10.3 Å². The molecule has 7 rings (SSSR count). The minimum atomic E-state index is -0.127. The summed E-state index contributed by atoms with van der Waals surface area (Å²) >= 11 is 12.0. The van der Waals surface area contributed by atoms with Crippen molar-refractivity contribution < 1.29 is 10.3 Å². The van der Waals surface area contributed by atoms with E-state index in [2.05, 4.69) is 122 Å². The highest BCUT2D eigenvalue weighted by Gasteiger charge is 2.32. The van der Waals surface area contributed by atoms with Crippen molar-refractivity contribution in [2.75, 3.05) is 0 Å². The average Bonchev–Trinajstić information content (AvgIpc) is 3.12. The fourth-order valence-corrected chi connectivity index (χ4v) is 5.87. The van der Waals surface area contributed by atoms with Crippen LogP contribution in [0.25, 0.3) is 22.3 Å². The van der Waals surface area contributed by atoms with Crippen molar-refractivity contribution in [2.24, 2.45) is 15.7 Å². The molecule has 1 atom stereocenters. The number of nitrogens with one attached hydrogen (secondary N) is 1. The Bertz CT molecular complexity index is 2130. The van der Waals surface area contributed by atoms with Crippen LogP contribution < -0.4 is 16.0 Å². The first-order valence-corrected chi connectivity index (χ1v) is 15.8. The predicted octanol–water partition coefficient (Wildman–Crippen LogP) is 5.70. The molecule has 1 aliphatic rings. The quantitative estimate of drug-likeness (QED) is 0.117. The van der Waals surface area contributed by atoms with Gasteiger partial charge in [-0.15, -0.1) is 0 Å². The van der Waals surface area contributed by atoms with Crippen LogP contribution in [0.4, 0.5) is 5.95 Å². The van der Waals surface area contributed by atoms with Gasteiger partial charge in [-0.2, -0.15) is 15.0 Å². The van der Waals surface area contributed by atoms with Gasteiger partial charge in [-0.05, 0) is 58.7 Å². The molecule has 2 heterocycles. The molecule has 47 heavy (non-hydrogen) atoms. The summed E-state index contributed by atoms with van der Waals surface area (Å²) in [4.78, 5) is 21.3. The molecule has 0 saturated carbocycles. The fourth-order valence-electron chi connectivity index (χ4n) is 5.46. The molecule has 0 aliphatic carbocycles. The molecule has 0 spiro atoms. The van der Waals surface area contributed by atoms with Gasteiger partial charge in [0, 0.05) is 16.6 Å². The SMILES string of the molecule is N/C(=N\c1nc(Cl)cc(Cl)n1)c1ccc(C2=[NH+]C(c3cccc(-c4ccccc4)c3)[NH2+]C(c3cccc(-c4ccccc4)c3)=N2)cc1. The zero-order valence-electron chi connectivity index (χ0n) is 25.1. The molecule has 5 N–H and O–H groups in total. The first-order valence-electron chi connectivity index (χ1n) is 15.0. The zero-order valence-corrected chi connectivity index (χ0v) is 26.6. The summed E-state index contributed by atoms with van der Waals surface area (Å²) in [6.45, 7) is 0. The van der Waals surface area contributed by atoms with Crippen LogP contribution in [0.15, 0.2) is 150 Å². The number of aromatic nitrogens is 2. The number of aliphatic imine (C=N–C) groups is 2. The van der Waals surface area contributed by atoms with Gasteiger partial charge in [0.05, 0.1) is 16.7 Å². The number of amidine groups is 3. The Morgan fingerprint density at radius 3 is 1.85 bits per heavy atom. The third-order valence-corrected chi connectivity index (χ3v) is 8.18. The summed E-state index contributed by atoms with van der Waals surface area (Å²) in [7, 11) is 0. The van der Waals surface area contributed by atoms with Crippen LogP contribution >= 0.6 is 23.2 Å². The van der Waals surface area contributed by atoms with E-state index in [1.807, 2.05) is 36.4 Å². The zero-order chi connectivity index (χ0) is 32.2. The van der Waals surface area contributed by atoms with Crippen molar-refractivity contribution in [1.29, 1.82) is 0 Å². The predicted molar refractivity (Wildman–Crippen MR) is 189 cm³/mol. The summed E-state index contributed by atoms with van der Waals surface area (Å²) in [6, 6.07) is 47.0. The molecule has 9 heteroatoms. The molecule has 0 fully saturated rings. The summed E-state index contributed by atoms with van der Waals surface area (Å²) in [5.41, 5.74) is 14.7. The van der Waals surface area contributed by atoms with E-state index in [0.29, 0.717) is 5.56 Å². The van der Waals surface area contributed by atoms with E-state index in [-0.39, 0.29) is 28.3 Å². The Hall–Kier alpha value is -5.47. The van der Waals surface area contributed by atoms with Crippen molar-refractivity contribution in [3.05, 3.63) is 172 Å². The van der Waals surface area contributed by atoms with Crippen molar-refractivity contribution in [3.63, 3.8) is 0 Å². The van der Waals surface area contributed by atoms with Gasteiger partial charge in [0.1, 0.15) is 16.1 Å². The third kappa shape index (κ3) is 7.03. The number of hydrogen-bond donors (Lipinski definition) is 3. The Morgan fingerprint density at radius 1 is 0.617 bits per heavy atom. The molecule has 5 aromatic carbocycles. The van der Waals surface area contributed by atoms with Gasteiger partial charge in [-0.1, -0.05) is 120 Å². The maximum atomic E-state index is 6.30. The molecule has 228 valence electrons. The van der Waals surface area contributed by atoms with Gasteiger partial charge in [-0.3, -0.25) is 0 Å². The highest BCUT2D eigenvalue weighted by molar-refractivity contribution is 6.33. The minimum Gasteiger partial charge on any atom is -0.383 e. The Labute approximate surface area is 282 Å². The van der Waals surface area contributed by atoms with E-state index in [1.165, 1.54) is 11.6 Å². The van der Waals surface area contributed by atoms with Gasteiger partial charge in [0.2, 0.25) is 0 Å². The van der Waals surface area contributed by atoms with E-state index in [9.17, 15) is 0 Å². The Morgan fingerprint density at radius 2 is 1.19 bits per heavy atom. The second-order valence-corrected chi connectivity index (χ2v) is 11.7. The number of hydrogen-bond acceptors (Lipinski definition) is 4. The smallest absolute Gasteiger partial charge is 0.343 e. The number of benzene rings is 5. The lowest BCUT2D eigenvalue weighted by Gasteiger charge is -2.15. The lowest BCUT2D eigenvalue weighted by molar-refractivity contribution is -0.789. The lowest BCUT2D eigenvalue weighted by atomic mass is 10.0. The number of nitrogens with zero attached hydrogens (tertiary/aromatic N) is 4. The van der Waals surface area contributed by atoms with E-state index >= 15 is 0 Å². The van der Waals surface area contributed by atoms with E-state index < -0.39 is 0 Å². The van der Waals surface area contributed by atoms with Crippen LogP contribution in [-0.2, 0) is 0 Å². The fraction of sp³-hybridized carbons (Fsp3) is 0.0263. The highest BCUT2D eigenvalue weighted by Crippen LogP contribution is 2.23. The third-order valence-electron chi connectivity index (χ3n) is 7.79. The van der Waals surface area contributed by atoms with Crippen LogP contribution in [0, 0.1) is 0 Å². The standard InChI is InChI=1S/C38H27Cl2N7/c39-32-23-33(40)43-38(42-32)44-34(41)26-17-19-27(20-18-26)35-45-36(30-15-7-13-28(21-30)24-9-3-1-4-10-24)47-37(46-35)31-16-8-14-29(22-31)25-11-5-2-6-12-25/h1-23,36H,(H,45,46,47)(H2,41,42,43,44)/p+2. The van der Waals surface area contributed by atoms with Crippen molar-refractivity contribution in [3.8, 4) is 22.3 Å². The molecular formula is C38H29Cl2N7+2. The van der Waals surface area contributed by atoms with E-state index in [1.54, 1.807) is 0 Å². The normalized spacial score (nSPS) is 14.8. The molecule has 1 aliphatic heterocycles. The van der Waals surface area contributed by atoms with E-state index in [4.69, 9.17) is 33.9 Å². The van der Waals surface area contributed by atoms with Gasteiger partial charge in [0.25, 0.3) is 12.1 Å². The van der Waals surface area contributed by atoms with Gasteiger partial charge in [-0.25, -0.2) is 10.3 Å². The van der Waals surface area contributed by atoms with E-state index in [0.717, 1.165) is 45.1 Å². The molecule has 0 saturated heterocycles. The minimum absolute atomic E-state index is 0.0930. The maximum Gasteiger partial charge on any atom is 0.343 e. The molecule has 7 nitrogen and oxygen atoms in total. The number of nitrogens with two attached hydrogens (primary N) is 2. The second-order valence-electron chi connectivity index (χ2n) is 11.0. The first-order chi connectivity index (χ1) is 23.0. The number of quaternary nitrogens is 1. The van der Waals surface area contributed by atoms with Crippen LogP contribution in [0.5, 0.6) is 0 Å². The largest absolute Gasteiger partial charge is 0.383 e. The molecule has 6 aromatic rings. The summed E-state index contributed by atoms with van der Waals surface area (Å²) in [5.74, 6) is 1.96. The highest BCUT2D eigenvalue weighted by atomic mass is 35.5. The van der Waals surface area contributed by atoms with Crippen molar-refractivity contribution >= 4 is 46.7 Å². The summed E-state index contributed by atoms with van der Waals surface area (Å²) in [5, 5.41) is 2.57. The van der Waals surface area contributed by atoms with Crippen molar-refractivity contribution in [1.82, 2.24) is 9.97 Å². The second kappa shape index (κ2) is 13.5. The molecule has 1 unspecified atom stereocenters. The average molecular weight is 655 g/mol. The molecule has 0 bridgehead atoms. The maximum absolute atomic E-state index is 6.30. The topological polar surface area (TPSA) is 107 Å². The number of halogens is 2.